The Morgan fingerprint density at radius 1 is 1.00 bits per heavy atom. The van der Waals surface area contributed by atoms with E-state index in [1.165, 1.54) is 27.8 Å². The number of oxime groups is 1. The summed E-state index contributed by atoms with van der Waals surface area (Å²) in [5.41, 5.74) is 8.25. The zero-order valence-corrected chi connectivity index (χ0v) is 20.1. The minimum Gasteiger partial charge on any atom is -0.493 e. The quantitative estimate of drug-likeness (QED) is 0.389. The average Bonchev–Trinajstić information content (AvgIpc) is 2.88. The fourth-order valence-electron chi connectivity index (χ4n) is 5.43. The normalized spacial score (nSPS) is 21.1. The van der Waals surface area contributed by atoms with Crippen LogP contribution in [0.2, 0.25) is 0 Å². The Morgan fingerprint density at radius 3 is 2.59 bits per heavy atom. The molecule has 176 valence electrons. The summed E-state index contributed by atoms with van der Waals surface area (Å²) in [5.74, 6) is 1.63. The van der Waals surface area contributed by atoms with Crippen LogP contribution >= 0.6 is 0 Å². The molecule has 2 aliphatic rings. The Morgan fingerprint density at radius 2 is 1.82 bits per heavy atom. The molecule has 0 unspecified atom stereocenters. The number of methoxy groups -OCH3 is 1. The van der Waals surface area contributed by atoms with E-state index < -0.39 is 0 Å². The number of aryl methyl sites for hydroxylation is 2. The first-order valence-corrected chi connectivity index (χ1v) is 12.0. The van der Waals surface area contributed by atoms with Crippen molar-refractivity contribution in [2.75, 3.05) is 20.2 Å². The van der Waals surface area contributed by atoms with E-state index in [-0.39, 0.29) is 12.0 Å². The summed E-state index contributed by atoms with van der Waals surface area (Å²) in [6.45, 7) is 6.59. The van der Waals surface area contributed by atoms with E-state index in [0.29, 0.717) is 13.0 Å². The average molecular weight is 457 g/mol. The number of hydrogen-bond acceptors (Lipinski definition) is 5. The number of piperidine rings is 1. The van der Waals surface area contributed by atoms with Crippen molar-refractivity contribution in [3.63, 3.8) is 0 Å². The molecule has 5 rings (SSSR count). The molecule has 0 amide bonds. The first-order valence-electron chi connectivity index (χ1n) is 12.0. The fraction of sp³-hybridized carbons (Fsp3) is 0.345. The van der Waals surface area contributed by atoms with E-state index in [2.05, 4.69) is 66.4 Å². The first-order chi connectivity index (χ1) is 16.6. The zero-order chi connectivity index (χ0) is 23.7. The number of fused-ring (bicyclic) bond motifs is 3. The Bertz CT molecular complexity index is 1210. The molecule has 1 saturated heterocycles. The monoisotopic (exact) mass is 456 g/mol. The van der Waals surface area contributed by atoms with Gasteiger partial charge in [-0.3, -0.25) is 4.90 Å². The molecule has 1 N–H and O–H groups in total. The van der Waals surface area contributed by atoms with E-state index in [1.807, 2.05) is 18.2 Å². The van der Waals surface area contributed by atoms with Crippen LogP contribution in [0.25, 0.3) is 0 Å². The predicted octanol–water partition coefficient (Wildman–Crippen LogP) is 5.81. The van der Waals surface area contributed by atoms with Gasteiger partial charge in [-0.25, -0.2) is 0 Å². The van der Waals surface area contributed by atoms with Gasteiger partial charge < -0.3 is 14.7 Å². The molecule has 0 bridgehead atoms. The summed E-state index contributed by atoms with van der Waals surface area (Å²) in [6.07, 6.45) is 1.66. The molecule has 3 aromatic rings. The van der Waals surface area contributed by atoms with Crippen molar-refractivity contribution in [1.82, 2.24) is 4.90 Å². The van der Waals surface area contributed by atoms with Gasteiger partial charge >= 0.3 is 0 Å². The smallest absolute Gasteiger partial charge is 0.161 e. The van der Waals surface area contributed by atoms with E-state index >= 15 is 0 Å². The van der Waals surface area contributed by atoms with Gasteiger partial charge in [0.15, 0.2) is 11.5 Å². The van der Waals surface area contributed by atoms with Gasteiger partial charge in [-0.15, -0.1) is 0 Å². The van der Waals surface area contributed by atoms with Crippen molar-refractivity contribution in [3.8, 4) is 11.5 Å². The number of hydrogen-bond donors (Lipinski definition) is 1. The van der Waals surface area contributed by atoms with Crippen LogP contribution in [0.5, 0.6) is 11.5 Å². The predicted molar refractivity (Wildman–Crippen MR) is 134 cm³/mol. The molecule has 5 heteroatoms. The Labute approximate surface area is 201 Å². The summed E-state index contributed by atoms with van der Waals surface area (Å²) in [5, 5.41) is 13.8. The van der Waals surface area contributed by atoms with E-state index in [4.69, 9.17) is 9.47 Å². The summed E-state index contributed by atoms with van der Waals surface area (Å²) >= 11 is 0. The molecule has 0 radical (unpaired) electrons. The SMILES string of the molecule is COc1cc2c(cc1OCc1ccccc1)CCN1C[C@@H](c3cc(C)ccc3C)/C(=N\O)C[C@H]21. The summed E-state index contributed by atoms with van der Waals surface area (Å²) in [7, 11) is 1.69. The van der Waals surface area contributed by atoms with Crippen LogP contribution in [-0.2, 0) is 13.0 Å². The van der Waals surface area contributed by atoms with Crippen molar-refractivity contribution in [1.29, 1.82) is 0 Å². The molecule has 2 atom stereocenters. The maximum absolute atomic E-state index is 9.97. The molecule has 0 aliphatic carbocycles. The van der Waals surface area contributed by atoms with Crippen molar-refractivity contribution in [2.24, 2.45) is 5.16 Å². The number of ether oxygens (including phenoxy) is 2. The summed E-state index contributed by atoms with van der Waals surface area (Å²) < 4.78 is 11.9. The Hall–Kier alpha value is -3.31. The van der Waals surface area contributed by atoms with E-state index in [9.17, 15) is 5.21 Å². The lowest BCUT2D eigenvalue weighted by Gasteiger charge is -2.44. The highest BCUT2D eigenvalue weighted by molar-refractivity contribution is 5.92. The molecule has 0 aromatic heterocycles. The maximum atomic E-state index is 9.97. The minimum absolute atomic E-state index is 0.109. The van der Waals surface area contributed by atoms with Gasteiger partial charge in [-0.1, -0.05) is 59.3 Å². The lowest BCUT2D eigenvalue weighted by molar-refractivity contribution is 0.165. The largest absolute Gasteiger partial charge is 0.493 e. The fourth-order valence-corrected chi connectivity index (χ4v) is 5.43. The third-order valence-corrected chi connectivity index (χ3v) is 7.29. The van der Waals surface area contributed by atoms with Gasteiger partial charge in [0.25, 0.3) is 0 Å². The van der Waals surface area contributed by atoms with Crippen molar-refractivity contribution in [3.05, 3.63) is 94.0 Å². The molecular weight excluding hydrogens is 424 g/mol. The molecule has 1 fully saturated rings. The topological polar surface area (TPSA) is 54.3 Å². The zero-order valence-electron chi connectivity index (χ0n) is 20.1. The first kappa shape index (κ1) is 22.5. The summed E-state index contributed by atoms with van der Waals surface area (Å²) in [4.78, 5) is 2.54. The van der Waals surface area contributed by atoms with Crippen molar-refractivity contribution in [2.45, 2.75) is 45.3 Å². The summed E-state index contributed by atoms with van der Waals surface area (Å²) in [6, 6.07) is 21.2. The van der Waals surface area contributed by atoms with Gasteiger partial charge in [0.2, 0.25) is 0 Å². The molecule has 34 heavy (non-hydrogen) atoms. The number of rotatable bonds is 5. The third kappa shape index (κ3) is 4.28. The Balaban J connectivity index is 1.42. The maximum Gasteiger partial charge on any atom is 0.161 e. The van der Waals surface area contributed by atoms with E-state index in [0.717, 1.165) is 42.3 Å². The molecule has 2 aliphatic heterocycles. The molecule has 2 heterocycles. The van der Waals surface area contributed by atoms with Crippen molar-refractivity contribution >= 4 is 5.71 Å². The van der Waals surface area contributed by atoms with Crippen molar-refractivity contribution < 1.29 is 14.7 Å². The molecule has 3 aromatic carbocycles. The van der Waals surface area contributed by atoms with Crippen LogP contribution in [0.1, 0.15) is 51.8 Å². The van der Waals surface area contributed by atoms with E-state index in [1.54, 1.807) is 7.11 Å². The lowest BCUT2D eigenvalue weighted by Crippen LogP contribution is -2.45. The molecular formula is C29H32N2O3. The molecule has 0 saturated carbocycles. The van der Waals surface area contributed by atoms with Crippen LogP contribution in [0.15, 0.2) is 65.8 Å². The van der Waals surface area contributed by atoms with Gasteiger partial charge in [-0.05, 0) is 60.2 Å². The van der Waals surface area contributed by atoms with Gasteiger partial charge in [0.05, 0.1) is 12.8 Å². The number of benzene rings is 3. The Kier molecular flexibility index (Phi) is 6.29. The lowest BCUT2D eigenvalue weighted by atomic mass is 9.78. The minimum atomic E-state index is 0.109. The molecule has 5 nitrogen and oxygen atoms in total. The second-order valence-corrected chi connectivity index (χ2v) is 9.44. The molecule has 0 spiro atoms. The third-order valence-electron chi connectivity index (χ3n) is 7.29. The van der Waals surface area contributed by atoms with Gasteiger partial charge in [0, 0.05) is 31.5 Å². The highest BCUT2D eigenvalue weighted by Gasteiger charge is 2.38. The van der Waals surface area contributed by atoms with Crippen LogP contribution in [0, 0.1) is 13.8 Å². The highest BCUT2D eigenvalue weighted by atomic mass is 16.5. The second-order valence-electron chi connectivity index (χ2n) is 9.44. The van der Waals surface area contributed by atoms with Crippen LogP contribution < -0.4 is 9.47 Å². The number of nitrogens with zero attached hydrogens (tertiary/aromatic N) is 2. The van der Waals surface area contributed by atoms with Crippen LogP contribution in [0.3, 0.4) is 0 Å². The standard InChI is InChI=1S/C29H32N2O3/c1-19-9-10-20(2)23(13-19)25-17-31-12-11-22-14-29(34-18-21-7-5-4-6-8-21)28(33-3)15-24(22)27(31)16-26(25)30-32/h4-10,13-15,25,27,32H,11-12,16-18H2,1-3H3/b30-26-/t25-,27+/m0/s1. The second kappa shape index (κ2) is 9.51. The van der Waals surface area contributed by atoms with Crippen LogP contribution in [-0.4, -0.2) is 36.0 Å². The van der Waals surface area contributed by atoms with Crippen LogP contribution in [0.4, 0.5) is 0 Å². The van der Waals surface area contributed by atoms with Gasteiger partial charge in [-0.2, -0.15) is 0 Å². The van der Waals surface area contributed by atoms with Gasteiger partial charge in [0.1, 0.15) is 6.61 Å². The highest BCUT2D eigenvalue weighted by Crippen LogP contribution is 2.44.